The Morgan fingerprint density at radius 3 is 2.60 bits per heavy atom. The first kappa shape index (κ1) is 12.2. The Bertz CT molecular complexity index is 359. The molecule has 0 aliphatic carbocycles. The quantitative estimate of drug-likeness (QED) is 0.908. The summed E-state index contributed by atoms with van der Waals surface area (Å²) in [7, 11) is 0. The van der Waals surface area contributed by atoms with Crippen LogP contribution >= 0.6 is 15.9 Å². The van der Waals surface area contributed by atoms with Gasteiger partial charge in [0.2, 0.25) is 0 Å². The van der Waals surface area contributed by atoms with E-state index in [2.05, 4.69) is 41.9 Å². The van der Waals surface area contributed by atoms with Gasteiger partial charge in [0, 0.05) is 10.9 Å². The molecule has 3 heteroatoms. The predicted octanol–water partition coefficient (Wildman–Crippen LogP) is 3.59. The number of benzene rings is 1. The van der Waals surface area contributed by atoms with Crippen molar-refractivity contribution in [3.05, 3.63) is 33.8 Å². The van der Waals surface area contributed by atoms with E-state index in [9.17, 15) is 4.79 Å². The molecule has 0 amide bonds. The van der Waals surface area contributed by atoms with Crippen LogP contribution in [0.5, 0.6) is 0 Å². The summed E-state index contributed by atoms with van der Waals surface area (Å²) in [6.07, 6.45) is 0.780. The first-order valence-electron chi connectivity index (χ1n) is 5.00. The summed E-state index contributed by atoms with van der Waals surface area (Å²) in [5.74, 6) is -0.285. The summed E-state index contributed by atoms with van der Waals surface area (Å²) in [6.45, 7) is 4.26. The number of rotatable bonds is 4. The molecule has 1 rings (SSSR count). The van der Waals surface area contributed by atoms with Crippen molar-refractivity contribution >= 4 is 21.9 Å². The summed E-state index contributed by atoms with van der Waals surface area (Å²) >= 11 is 3.44. The first-order chi connectivity index (χ1) is 6.99. The van der Waals surface area contributed by atoms with Gasteiger partial charge in [-0.05, 0) is 35.6 Å². The van der Waals surface area contributed by atoms with Crippen LogP contribution in [-0.2, 0) is 11.2 Å². The van der Waals surface area contributed by atoms with Gasteiger partial charge in [-0.1, -0.05) is 35.8 Å². The van der Waals surface area contributed by atoms with Crippen LogP contribution in [0.3, 0.4) is 0 Å². The fourth-order valence-electron chi connectivity index (χ4n) is 1.40. The van der Waals surface area contributed by atoms with E-state index in [1.807, 2.05) is 6.07 Å². The molecule has 0 aliphatic rings. The maximum Gasteiger partial charge on any atom is 0.303 e. The first-order valence-corrected chi connectivity index (χ1v) is 5.79. The molecule has 1 aromatic rings. The highest BCUT2D eigenvalue weighted by Crippen LogP contribution is 2.22. The lowest BCUT2D eigenvalue weighted by molar-refractivity contribution is -0.136. The topological polar surface area (TPSA) is 37.3 Å². The molecule has 0 unspecified atom stereocenters. The second kappa shape index (κ2) is 5.31. The van der Waals surface area contributed by atoms with Crippen molar-refractivity contribution in [2.24, 2.45) is 0 Å². The minimum absolute atomic E-state index is 0.188. The Labute approximate surface area is 98.4 Å². The van der Waals surface area contributed by atoms with Crippen LogP contribution in [0.15, 0.2) is 22.7 Å². The number of hydrogen-bond donors (Lipinski definition) is 1. The molecule has 15 heavy (non-hydrogen) atoms. The second-order valence-electron chi connectivity index (χ2n) is 3.94. The fraction of sp³-hybridized carbons (Fsp3) is 0.417. The zero-order valence-corrected chi connectivity index (χ0v) is 10.5. The average molecular weight is 271 g/mol. The minimum Gasteiger partial charge on any atom is -0.481 e. The maximum atomic E-state index is 10.5. The van der Waals surface area contributed by atoms with E-state index in [-0.39, 0.29) is 6.42 Å². The lowest BCUT2D eigenvalue weighted by Crippen LogP contribution is -1.98. The highest BCUT2D eigenvalue weighted by molar-refractivity contribution is 9.10. The standard InChI is InChI=1S/C12H15BrO2/c1-8(2)10-5-9(3-4-12(14)15)6-11(13)7-10/h5-8H,3-4H2,1-2H3,(H,14,15). The third-order valence-corrected chi connectivity index (χ3v) is 2.73. The molecule has 82 valence electrons. The van der Waals surface area contributed by atoms with Gasteiger partial charge in [0.25, 0.3) is 0 Å². The third kappa shape index (κ3) is 4.04. The molecular formula is C12H15BrO2. The molecule has 0 saturated heterocycles. The molecule has 1 aromatic carbocycles. The van der Waals surface area contributed by atoms with Gasteiger partial charge in [-0.3, -0.25) is 4.79 Å². The maximum absolute atomic E-state index is 10.5. The number of hydrogen-bond acceptors (Lipinski definition) is 1. The van der Waals surface area contributed by atoms with Crippen LogP contribution in [0.25, 0.3) is 0 Å². The van der Waals surface area contributed by atoms with Crippen LogP contribution in [0.4, 0.5) is 0 Å². The van der Waals surface area contributed by atoms with Gasteiger partial charge in [0.05, 0.1) is 0 Å². The zero-order chi connectivity index (χ0) is 11.4. The number of aliphatic carboxylic acids is 1. The number of halogens is 1. The van der Waals surface area contributed by atoms with Crippen molar-refractivity contribution in [1.82, 2.24) is 0 Å². The summed E-state index contributed by atoms with van der Waals surface area (Å²) in [5, 5.41) is 8.61. The second-order valence-corrected chi connectivity index (χ2v) is 4.86. The molecule has 0 aromatic heterocycles. The Morgan fingerprint density at radius 1 is 1.40 bits per heavy atom. The number of aryl methyl sites for hydroxylation is 1. The lowest BCUT2D eigenvalue weighted by atomic mass is 9.99. The minimum atomic E-state index is -0.749. The predicted molar refractivity (Wildman–Crippen MR) is 64.2 cm³/mol. The largest absolute Gasteiger partial charge is 0.481 e. The van der Waals surface area contributed by atoms with Crippen molar-refractivity contribution in [3.63, 3.8) is 0 Å². The summed E-state index contributed by atoms with van der Waals surface area (Å²) in [4.78, 5) is 10.5. The van der Waals surface area contributed by atoms with Gasteiger partial charge in [-0.15, -0.1) is 0 Å². The van der Waals surface area contributed by atoms with E-state index in [1.165, 1.54) is 5.56 Å². The monoisotopic (exact) mass is 270 g/mol. The molecule has 0 radical (unpaired) electrons. The van der Waals surface area contributed by atoms with E-state index in [0.717, 1.165) is 10.0 Å². The summed E-state index contributed by atoms with van der Waals surface area (Å²) in [5.41, 5.74) is 2.32. The van der Waals surface area contributed by atoms with Crippen LogP contribution in [-0.4, -0.2) is 11.1 Å². The SMILES string of the molecule is CC(C)c1cc(Br)cc(CCC(=O)O)c1. The van der Waals surface area contributed by atoms with Gasteiger partial charge in [-0.25, -0.2) is 0 Å². The Balaban J connectivity index is 2.84. The van der Waals surface area contributed by atoms with Crippen molar-refractivity contribution in [1.29, 1.82) is 0 Å². The lowest BCUT2D eigenvalue weighted by Gasteiger charge is -2.09. The zero-order valence-electron chi connectivity index (χ0n) is 8.96. The fourth-order valence-corrected chi connectivity index (χ4v) is 1.96. The smallest absolute Gasteiger partial charge is 0.303 e. The summed E-state index contributed by atoms with van der Waals surface area (Å²) in [6, 6.07) is 6.14. The Morgan fingerprint density at radius 2 is 2.07 bits per heavy atom. The van der Waals surface area contributed by atoms with E-state index >= 15 is 0 Å². The number of carbonyl (C=O) groups is 1. The van der Waals surface area contributed by atoms with Gasteiger partial charge < -0.3 is 5.11 Å². The van der Waals surface area contributed by atoms with Crippen molar-refractivity contribution in [2.45, 2.75) is 32.6 Å². The molecule has 0 spiro atoms. The van der Waals surface area contributed by atoms with Gasteiger partial charge >= 0.3 is 5.97 Å². The molecule has 0 fully saturated rings. The van der Waals surface area contributed by atoms with Crippen molar-refractivity contribution in [3.8, 4) is 0 Å². The molecule has 0 aliphatic heterocycles. The van der Waals surface area contributed by atoms with E-state index in [4.69, 9.17) is 5.11 Å². The summed E-state index contributed by atoms with van der Waals surface area (Å²) < 4.78 is 1.02. The average Bonchev–Trinajstić information content (AvgIpc) is 2.13. The molecule has 1 N–H and O–H groups in total. The molecule has 0 saturated carbocycles. The van der Waals surface area contributed by atoms with Crippen LogP contribution in [0, 0.1) is 0 Å². The highest BCUT2D eigenvalue weighted by Gasteiger charge is 2.05. The Hall–Kier alpha value is -0.830. The van der Waals surface area contributed by atoms with Crippen molar-refractivity contribution in [2.75, 3.05) is 0 Å². The van der Waals surface area contributed by atoms with Gasteiger partial charge in [0.1, 0.15) is 0 Å². The molecule has 0 bridgehead atoms. The molecule has 0 heterocycles. The van der Waals surface area contributed by atoms with E-state index in [0.29, 0.717) is 12.3 Å². The number of carboxylic acid groups (broad SMARTS) is 1. The highest BCUT2D eigenvalue weighted by atomic mass is 79.9. The molecule has 2 nitrogen and oxygen atoms in total. The number of carboxylic acids is 1. The van der Waals surface area contributed by atoms with E-state index < -0.39 is 5.97 Å². The Kier molecular flexibility index (Phi) is 4.33. The van der Waals surface area contributed by atoms with Gasteiger partial charge in [-0.2, -0.15) is 0 Å². The molecule has 0 atom stereocenters. The van der Waals surface area contributed by atoms with Crippen LogP contribution < -0.4 is 0 Å². The normalized spacial score (nSPS) is 10.7. The van der Waals surface area contributed by atoms with Crippen LogP contribution in [0.1, 0.15) is 37.3 Å². The molecular weight excluding hydrogens is 256 g/mol. The van der Waals surface area contributed by atoms with E-state index in [1.54, 1.807) is 0 Å². The van der Waals surface area contributed by atoms with Crippen LogP contribution in [0.2, 0.25) is 0 Å². The third-order valence-electron chi connectivity index (χ3n) is 2.27. The van der Waals surface area contributed by atoms with Crippen molar-refractivity contribution < 1.29 is 9.90 Å². The van der Waals surface area contributed by atoms with Gasteiger partial charge in [0.15, 0.2) is 0 Å².